The second-order valence-corrected chi connectivity index (χ2v) is 26.5. The van der Waals surface area contributed by atoms with Crippen molar-refractivity contribution >= 4 is 42.3 Å². The van der Waals surface area contributed by atoms with Crippen molar-refractivity contribution in [1.82, 2.24) is 0 Å². The average Bonchev–Trinajstić information content (AvgIpc) is 2.29. The molecule has 2 rings (SSSR count). The SMILES string of the molecule is c1cc[c]([Pb]#[Pb][c]2ccccc2)cc1. The Morgan fingerprint density at radius 2 is 0.857 bits per heavy atom. The molecule has 0 aliphatic rings. The molecule has 66 valence electrons. The van der Waals surface area contributed by atoms with Crippen molar-refractivity contribution in [3.63, 3.8) is 0 Å². The molecule has 0 amide bonds. The third kappa shape index (κ3) is 3.45. The van der Waals surface area contributed by atoms with Gasteiger partial charge in [-0.15, -0.1) is 0 Å². The molecule has 0 atom stereocenters. The van der Waals surface area contributed by atoms with E-state index in [0.29, 0.717) is 0 Å². The standard InChI is InChI=1S/2C6H5.2Pb/c2*1-2-4-6-5-3-1;;/h2*1-5H;;. The normalized spacial score (nSPS) is 8.86. The summed E-state index contributed by atoms with van der Waals surface area (Å²) in [6.07, 6.45) is 0. The monoisotopic (exact) mass is 570 g/mol. The molecule has 14 heavy (non-hydrogen) atoms. The zero-order valence-corrected chi connectivity index (χ0v) is 15.5. The summed E-state index contributed by atoms with van der Waals surface area (Å²) in [5.41, 5.74) is 0. The molecular formula is C12H10Pb2. The molecule has 0 spiro atoms. The summed E-state index contributed by atoms with van der Waals surface area (Å²) in [5, 5.41) is 0. The van der Waals surface area contributed by atoms with Crippen LogP contribution in [0.4, 0.5) is 0 Å². The molecule has 2 heteroatoms. The van der Waals surface area contributed by atoms with Crippen molar-refractivity contribution in [3.05, 3.63) is 60.7 Å². The van der Waals surface area contributed by atoms with Crippen LogP contribution in [0.2, 0.25) is 0 Å². The van der Waals surface area contributed by atoms with Gasteiger partial charge in [-0.2, -0.15) is 0 Å². The molecule has 0 heterocycles. The first kappa shape index (κ1) is 10.8. The summed E-state index contributed by atoms with van der Waals surface area (Å²) in [7, 11) is 0. The molecule has 2 aromatic carbocycles. The van der Waals surface area contributed by atoms with Gasteiger partial charge in [0.25, 0.3) is 0 Å². The van der Waals surface area contributed by atoms with Crippen molar-refractivity contribution in [3.8, 4) is 0 Å². The van der Waals surface area contributed by atoms with Crippen molar-refractivity contribution in [2.75, 3.05) is 0 Å². The third-order valence-electron chi connectivity index (χ3n) is 1.90. The Labute approximate surface area is 102 Å². The van der Waals surface area contributed by atoms with E-state index in [1.54, 1.807) is 6.25 Å². The summed E-state index contributed by atoms with van der Waals surface area (Å²) in [6, 6.07) is 22.2. The Morgan fingerprint density at radius 3 is 1.21 bits per heavy atom. The third-order valence-corrected chi connectivity index (χ3v) is 31.2. The van der Waals surface area contributed by atoms with Gasteiger partial charge in [-0.1, -0.05) is 0 Å². The van der Waals surface area contributed by atoms with Gasteiger partial charge in [0, 0.05) is 0 Å². The molecule has 0 fully saturated rings. The van der Waals surface area contributed by atoms with Crippen LogP contribution >= 0.6 is 0 Å². The molecular weight excluding hydrogens is 559 g/mol. The van der Waals surface area contributed by atoms with Crippen LogP contribution in [0.15, 0.2) is 60.7 Å². The van der Waals surface area contributed by atoms with Gasteiger partial charge in [0.1, 0.15) is 0 Å². The molecule has 0 unspecified atom stereocenters. The predicted octanol–water partition coefficient (Wildman–Crippen LogP) is 0.961. The Bertz CT molecular complexity index is 408. The van der Waals surface area contributed by atoms with Crippen molar-refractivity contribution in [2.24, 2.45) is 0 Å². The number of hydrogen-bond donors (Lipinski definition) is 0. The van der Waals surface area contributed by atoms with Gasteiger partial charge in [0.2, 0.25) is 0 Å². The summed E-state index contributed by atoms with van der Waals surface area (Å²) < 4.78 is 3.39. The maximum atomic E-state index is 2.32. The van der Waals surface area contributed by atoms with Crippen LogP contribution in [0.3, 0.4) is 0 Å². The summed E-state index contributed by atoms with van der Waals surface area (Å²) in [5.74, 6) is 0. The molecule has 2 aromatic rings. The number of rotatable bonds is 0. The number of benzene rings is 2. The Kier molecular flexibility index (Phi) is 4.62. The van der Waals surface area contributed by atoms with E-state index in [-0.39, 0.29) is 0 Å². The van der Waals surface area contributed by atoms with Crippen LogP contribution < -0.4 is 6.25 Å². The van der Waals surface area contributed by atoms with Gasteiger partial charge in [-0.3, -0.25) is 0 Å². The molecule has 0 nitrogen and oxygen atoms in total. The van der Waals surface area contributed by atoms with E-state index < -0.39 is 36.0 Å². The summed E-state index contributed by atoms with van der Waals surface area (Å²) >= 11 is -0.822. The molecule has 0 bridgehead atoms. The van der Waals surface area contributed by atoms with Crippen LogP contribution in [0, 0.1) is 0 Å². The minimum atomic E-state index is -0.411. The zero-order valence-electron chi connectivity index (χ0n) is 7.77. The molecule has 0 saturated carbocycles. The second-order valence-electron chi connectivity index (χ2n) is 2.98. The van der Waals surface area contributed by atoms with E-state index >= 15 is 0 Å². The van der Waals surface area contributed by atoms with Crippen LogP contribution in [0.1, 0.15) is 0 Å². The molecule has 0 N–H and O–H groups in total. The van der Waals surface area contributed by atoms with Crippen LogP contribution in [-0.4, -0.2) is 36.0 Å². The van der Waals surface area contributed by atoms with E-state index in [1.807, 2.05) is 0 Å². The van der Waals surface area contributed by atoms with Gasteiger partial charge < -0.3 is 0 Å². The second kappa shape index (κ2) is 6.00. The molecule has 0 aliphatic heterocycles. The fourth-order valence-corrected chi connectivity index (χ4v) is 26.3. The van der Waals surface area contributed by atoms with Crippen LogP contribution in [-0.2, 0) is 0 Å². The van der Waals surface area contributed by atoms with E-state index in [9.17, 15) is 0 Å². The van der Waals surface area contributed by atoms with Gasteiger partial charge >= 0.3 is 103 Å². The predicted molar refractivity (Wildman–Crippen MR) is 63.7 cm³/mol. The fourth-order valence-electron chi connectivity index (χ4n) is 1.19. The van der Waals surface area contributed by atoms with E-state index in [1.165, 1.54) is 0 Å². The Morgan fingerprint density at radius 1 is 0.500 bits per heavy atom. The summed E-state index contributed by atoms with van der Waals surface area (Å²) in [6.45, 7) is 0. The molecule has 0 aliphatic carbocycles. The Hall–Kier alpha value is 0.284. The minimum absolute atomic E-state index is 0.411. The Balaban J connectivity index is 2.24. The zero-order chi connectivity index (χ0) is 9.64. The van der Waals surface area contributed by atoms with Crippen molar-refractivity contribution < 1.29 is 0 Å². The van der Waals surface area contributed by atoms with Crippen molar-refractivity contribution in [1.29, 1.82) is 0 Å². The van der Waals surface area contributed by atoms with E-state index in [0.717, 1.165) is 0 Å². The van der Waals surface area contributed by atoms with E-state index in [2.05, 4.69) is 60.7 Å². The average molecular weight is 569 g/mol. The quantitative estimate of drug-likeness (QED) is 0.416. The maximum absolute atomic E-state index is 2.32. The first-order valence-corrected chi connectivity index (χ1v) is 27.5. The molecule has 0 aromatic heterocycles. The van der Waals surface area contributed by atoms with Crippen LogP contribution in [0.5, 0.6) is 0 Å². The fraction of sp³-hybridized carbons (Fsp3) is 0. The van der Waals surface area contributed by atoms with Gasteiger partial charge in [0.05, 0.1) is 0 Å². The van der Waals surface area contributed by atoms with Crippen LogP contribution in [0.25, 0.3) is 0 Å². The molecule has 0 saturated heterocycles. The number of hydrogen-bond acceptors (Lipinski definition) is 0. The summed E-state index contributed by atoms with van der Waals surface area (Å²) in [4.78, 5) is 0. The topological polar surface area (TPSA) is 0 Å². The van der Waals surface area contributed by atoms with Gasteiger partial charge in [-0.25, -0.2) is 0 Å². The van der Waals surface area contributed by atoms with Gasteiger partial charge in [-0.05, 0) is 0 Å². The molecule has 0 radical (unpaired) electrons. The van der Waals surface area contributed by atoms with Gasteiger partial charge in [0.15, 0.2) is 0 Å². The van der Waals surface area contributed by atoms with E-state index in [4.69, 9.17) is 0 Å². The first-order chi connectivity index (χ1) is 6.95. The first-order valence-electron chi connectivity index (χ1n) is 4.57. The van der Waals surface area contributed by atoms with Crippen molar-refractivity contribution in [2.45, 2.75) is 0 Å².